The van der Waals surface area contributed by atoms with Crippen LogP contribution in [0.1, 0.15) is 12.8 Å². The van der Waals surface area contributed by atoms with E-state index in [9.17, 15) is 0 Å². The third-order valence-electron chi connectivity index (χ3n) is 2.52. The fourth-order valence-electron chi connectivity index (χ4n) is 1.23. The summed E-state index contributed by atoms with van der Waals surface area (Å²) in [5, 5.41) is 4.04. The van der Waals surface area contributed by atoms with E-state index >= 15 is 0 Å². The minimum absolute atomic E-state index is 0.360. The molecule has 2 rings (SSSR count). The SMILES string of the molecule is Cn1cc(OCC2(CS)CC2)cn1. The van der Waals surface area contributed by atoms with Gasteiger partial charge in [0.2, 0.25) is 0 Å². The predicted octanol–water partition coefficient (Wildman–Crippen LogP) is 1.51. The average molecular weight is 198 g/mol. The lowest BCUT2D eigenvalue weighted by Gasteiger charge is -2.11. The Morgan fingerprint density at radius 1 is 1.69 bits per heavy atom. The van der Waals surface area contributed by atoms with E-state index in [0.29, 0.717) is 5.41 Å². The highest BCUT2D eigenvalue weighted by Crippen LogP contribution is 2.46. The van der Waals surface area contributed by atoms with Crippen molar-refractivity contribution >= 4 is 12.6 Å². The standard InChI is InChI=1S/C9H14N2OS/c1-11-5-8(4-10-11)12-6-9(7-13)2-3-9/h4-5,13H,2-3,6-7H2,1H3. The second-order valence-electron chi connectivity index (χ2n) is 3.80. The van der Waals surface area contributed by atoms with E-state index in [-0.39, 0.29) is 0 Å². The van der Waals surface area contributed by atoms with Crippen molar-refractivity contribution in [1.29, 1.82) is 0 Å². The summed E-state index contributed by atoms with van der Waals surface area (Å²) in [6.45, 7) is 0.780. The number of rotatable bonds is 4. The molecule has 13 heavy (non-hydrogen) atoms. The molecule has 0 bridgehead atoms. The van der Waals surface area contributed by atoms with Crippen LogP contribution in [0.15, 0.2) is 12.4 Å². The van der Waals surface area contributed by atoms with Gasteiger partial charge in [0.15, 0.2) is 5.75 Å². The van der Waals surface area contributed by atoms with Crippen LogP contribution in [0.3, 0.4) is 0 Å². The van der Waals surface area contributed by atoms with Crippen LogP contribution in [0.4, 0.5) is 0 Å². The van der Waals surface area contributed by atoms with Crippen molar-refractivity contribution in [2.24, 2.45) is 12.5 Å². The second kappa shape index (κ2) is 3.25. The molecule has 0 radical (unpaired) electrons. The van der Waals surface area contributed by atoms with E-state index in [1.165, 1.54) is 12.8 Å². The zero-order valence-corrected chi connectivity index (χ0v) is 8.63. The average Bonchev–Trinajstić information content (AvgIpc) is 2.81. The fourth-order valence-corrected chi connectivity index (χ4v) is 1.64. The number of aryl methyl sites for hydroxylation is 1. The third-order valence-corrected chi connectivity index (χ3v) is 3.19. The number of hydrogen-bond acceptors (Lipinski definition) is 3. The topological polar surface area (TPSA) is 27.1 Å². The summed E-state index contributed by atoms with van der Waals surface area (Å²) in [6, 6.07) is 0. The van der Waals surface area contributed by atoms with Crippen molar-refractivity contribution in [2.45, 2.75) is 12.8 Å². The summed E-state index contributed by atoms with van der Waals surface area (Å²) >= 11 is 4.31. The molecule has 3 nitrogen and oxygen atoms in total. The Labute approximate surface area is 83.5 Å². The highest BCUT2D eigenvalue weighted by molar-refractivity contribution is 7.80. The van der Waals surface area contributed by atoms with Gasteiger partial charge in [0.05, 0.1) is 19.0 Å². The van der Waals surface area contributed by atoms with Crippen molar-refractivity contribution in [3.63, 3.8) is 0 Å². The van der Waals surface area contributed by atoms with Crippen LogP contribution in [-0.2, 0) is 7.05 Å². The second-order valence-corrected chi connectivity index (χ2v) is 4.11. The molecular formula is C9H14N2OS. The third kappa shape index (κ3) is 1.99. The largest absolute Gasteiger partial charge is 0.490 e. The quantitative estimate of drug-likeness (QED) is 0.742. The molecule has 0 atom stereocenters. The molecule has 0 amide bonds. The summed E-state index contributed by atoms with van der Waals surface area (Å²) in [5.74, 6) is 1.78. The minimum Gasteiger partial charge on any atom is -0.490 e. The van der Waals surface area contributed by atoms with Crippen molar-refractivity contribution in [1.82, 2.24) is 9.78 Å². The van der Waals surface area contributed by atoms with Gasteiger partial charge in [-0.3, -0.25) is 4.68 Å². The molecule has 1 aromatic heterocycles. The van der Waals surface area contributed by atoms with Crippen molar-refractivity contribution < 1.29 is 4.74 Å². The summed E-state index contributed by atoms with van der Waals surface area (Å²) in [5.41, 5.74) is 0.360. The van der Waals surface area contributed by atoms with Gasteiger partial charge in [-0.25, -0.2) is 0 Å². The molecule has 1 heterocycles. The number of aromatic nitrogens is 2. The van der Waals surface area contributed by atoms with Crippen LogP contribution in [0.2, 0.25) is 0 Å². The number of ether oxygens (including phenoxy) is 1. The van der Waals surface area contributed by atoms with Gasteiger partial charge in [-0.05, 0) is 18.6 Å². The lowest BCUT2D eigenvalue weighted by atomic mass is 10.2. The van der Waals surface area contributed by atoms with E-state index in [1.54, 1.807) is 10.9 Å². The smallest absolute Gasteiger partial charge is 0.157 e. The molecule has 0 saturated heterocycles. The lowest BCUT2D eigenvalue weighted by Crippen LogP contribution is -2.14. The number of thiol groups is 1. The normalized spacial score (nSPS) is 18.6. The maximum atomic E-state index is 5.61. The number of hydrogen-bond donors (Lipinski definition) is 1. The van der Waals surface area contributed by atoms with E-state index < -0.39 is 0 Å². The van der Waals surface area contributed by atoms with E-state index in [0.717, 1.165) is 18.1 Å². The molecule has 1 fully saturated rings. The van der Waals surface area contributed by atoms with E-state index in [2.05, 4.69) is 17.7 Å². The summed E-state index contributed by atoms with van der Waals surface area (Å²) in [6.07, 6.45) is 6.12. The first kappa shape index (κ1) is 8.94. The van der Waals surface area contributed by atoms with Gasteiger partial charge >= 0.3 is 0 Å². The van der Waals surface area contributed by atoms with Crippen LogP contribution in [0.25, 0.3) is 0 Å². The summed E-state index contributed by atoms with van der Waals surface area (Å²) in [4.78, 5) is 0. The van der Waals surface area contributed by atoms with Gasteiger partial charge < -0.3 is 4.74 Å². The molecule has 0 unspecified atom stereocenters. The Kier molecular flexibility index (Phi) is 2.24. The van der Waals surface area contributed by atoms with Crippen LogP contribution < -0.4 is 4.74 Å². The van der Waals surface area contributed by atoms with Gasteiger partial charge in [-0.1, -0.05) is 0 Å². The van der Waals surface area contributed by atoms with E-state index in [1.807, 2.05) is 13.2 Å². The Bertz CT molecular complexity index is 294. The van der Waals surface area contributed by atoms with Crippen LogP contribution in [0, 0.1) is 5.41 Å². The molecule has 0 aromatic carbocycles. The van der Waals surface area contributed by atoms with Crippen molar-refractivity contribution in [2.75, 3.05) is 12.4 Å². The zero-order valence-electron chi connectivity index (χ0n) is 7.73. The molecule has 0 spiro atoms. The van der Waals surface area contributed by atoms with Crippen LogP contribution >= 0.6 is 12.6 Å². The fraction of sp³-hybridized carbons (Fsp3) is 0.667. The van der Waals surface area contributed by atoms with Crippen molar-refractivity contribution in [3.8, 4) is 5.75 Å². The number of nitrogens with zero attached hydrogens (tertiary/aromatic N) is 2. The first-order valence-electron chi connectivity index (χ1n) is 4.46. The van der Waals surface area contributed by atoms with Gasteiger partial charge in [0, 0.05) is 12.5 Å². The zero-order chi connectivity index (χ0) is 9.31. The van der Waals surface area contributed by atoms with Gasteiger partial charge in [-0.2, -0.15) is 17.7 Å². The summed E-state index contributed by atoms with van der Waals surface area (Å²) in [7, 11) is 1.89. The van der Waals surface area contributed by atoms with Crippen LogP contribution in [0.5, 0.6) is 5.75 Å². The molecule has 1 saturated carbocycles. The molecule has 1 aromatic rings. The van der Waals surface area contributed by atoms with Crippen molar-refractivity contribution in [3.05, 3.63) is 12.4 Å². The Hall–Kier alpha value is -0.640. The molecule has 0 aliphatic heterocycles. The maximum absolute atomic E-state index is 5.61. The van der Waals surface area contributed by atoms with Gasteiger partial charge in [0.25, 0.3) is 0 Å². The van der Waals surface area contributed by atoms with Gasteiger partial charge in [-0.15, -0.1) is 0 Å². The highest BCUT2D eigenvalue weighted by atomic mass is 32.1. The molecular weight excluding hydrogens is 184 g/mol. The summed E-state index contributed by atoms with van der Waals surface area (Å²) < 4.78 is 7.36. The lowest BCUT2D eigenvalue weighted by molar-refractivity contribution is 0.250. The Morgan fingerprint density at radius 2 is 2.46 bits per heavy atom. The molecule has 1 aliphatic rings. The van der Waals surface area contributed by atoms with Crippen LogP contribution in [-0.4, -0.2) is 22.1 Å². The van der Waals surface area contributed by atoms with E-state index in [4.69, 9.17) is 4.74 Å². The van der Waals surface area contributed by atoms with Gasteiger partial charge in [0.1, 0.15) is 0 Å². The molecule has 1 aliphatic carbocycles. The predicted molar refractivity (Wildman–Crippen MR) is 54.2 cm³/mol. The minimum atomic E-state index is 0.360. The first-order chi connectivity index (χ1) is 6.24. The monoisotopic (exact) mass is 198 g/mol. The maximum Gasteiger partial charge on any atom is 0.157 e. The Balaban J connectivity index is 1.86. The highest BCUT2D eigenvalue weighted by Gasteiger charge is 2.42. The molecule has 0 N–H and O–H groups in total. The first-order valence-corrected chi connectivity index (χ1v) is 5.10. The molecule has 72 valence electrons. The Morgan fingerprint density at radius 3 is 2.92 bits per heavy atom. The molecule has 4 heteroatoms.